The molecule has 0 saturated heterocycles. The molecule has 0 amide bonds. The number of benzene rings is 3. The molecule has 2 N–H and O–H groups in total. The van der Waals surface area contributed by atoms with Crippen molar-refractivity contribution in [1.29, 1.82) is 0 Å². The Bertz CT molecular complexity index is 1480. The number of nitro groups is 1. The molecular weight excluding hydrogens is 441 g/mol. The van der Waals surface area contributed by atoms with Crippen LogP contribution in [0.3, 0.4) is 0 Å². The summed E-state index contributed by atoms with van der Waals surface area (Å²) >= 11 is 0. The maximum absolute atomic E-state index is 13.0. The molecule has 4 aromatic rings. The maximum Gasteiger partial charge on any atom is 0.338 e. The van der Waals surface area contributed by atoms with Crippen LogP contribution in [0.2, 0.25) is 0 Å². The molecule has 0 spiro atoms. The molecule has 9 nitrogen and oxygen atoms in total. The summed E-state index contributed by atoms with van der Waals surface area (Å²) < 4.78 is 45.3. The van der Waals surface area contributed by atoms with Gasteiger partial charge in [0, 0.05) is 35.0 Å². The van der Waals surface area contributed by atoms with Gasteiger partial charge in [0.05, 0.1) is 15.5 Å². The van der Waals surface area contributed by atoms with Gasteiger partial charge in [-0.25, -0.2) is 17.6 Å². The SMILES string of the molecule is O=c1cc(Nc2ccc(NS(=O)(=O)c3ccc(F)cc3)cc2)c2cc([N+](=O)[O-])ccc2o1. The van der Waals surface area contributed by atoms with Crippen molar-refractivity contribution in [2.75, 3.05) is 10.0 Å². The number of hydrogen-bond donors (Lipinski definition) is 2. The fourth-order valence-corrected chi connectivity index (χ4v) is 4.03. The van der Waals surface area contributed by atoms with E-state index in [1.165, 1.54) is 30.3 Å². The second-order valence-corrected chi connectivity index (χ2v) is 8.36. The van der Waals surface area contributed by atoms with E-state index in [0.717, 1.165) is 30.3 Å². The van der Waals surface area contributed by atoms with Crippen LogP contribution < -0.4 is 15.7 Å². The first-order chi connectivity index (χ1) is 15.2. The number of nitrogens with one attached hydrogen (secondary N) is 2. The second-order valence-electron chi connectivity index (χ2n) is 6.68. The zero-order valence-electron chi connectivity index (χ0n) is 16.1. The number of non-ortho nitro benzene ring substituents is 1. The molecule has 32 heavy (non-hydrogen) atoms. The second kappa shape index (κ2) is 8.12. The Morgan fingerprint density at radius 1 is 0.906 bits per heavy atom. The van der Waals surface area contributed by atoms with Crippen LogP contribution in [0.15, 0.2) is 86.9 Å². The topological polar surface area (TPSA) is 132 Å². The molecule has 0 bridgehead atoms. The molecular formula is C21H14FN3O6S. The Kier molecular flexibility index (Phi) is 5.33. The Hall–Kier alpha value is -4.25. The van der Waals surface area contributed by atoms with Gasteiger partial charge in [-0.15, -0.1) is 0 Å². The highest BCUT2D eigenvalue weighted by atomic mass is 32.2. The van der Waals surface area contributed by atoms with Crippen molar-refractivity contribution in [3.63, 3.8) is 0 Å². The predicted molar refractivity (Wildman–Crippen MR) is 116 cm³/mol. The minimum Gasteiger partial charge on any atom is -0.423 e. The molecule has 0 aliphatic heterocycles. The van der Waals surface area contributed by atoms with Gasteiger partial charge >= 0.3 is 5.63 Å². The van der Waals surface area contributed by atoms with Crippen LogP contribution in [0.25, 0.3) is 11.0 Å². The predicted octanol–water partition coefficient (Wildman–Crippen LogP) is 4.38. The monoisotopic (exact) mass is 455 g/mol. The molecule has 1 aromatic heterocycles. The fourth-order valence-electron chi connectivity index (χ4n) is 2.97. The largest absolute Gasteiger partial charge is 0.423 e. The first kappa shape index (κ1) is 21.0. The van der Waals surface area contributed by atoms with Crippen LogP contribution >= 0.6 is 0 Å². The van der Waals surface area contributed by atoms with Gasteiger partial charge in [0.2, 0.25) is 0 Å². The standard InChI is InChI=1S/C21H14FN3O6S/c22-13-1-8-17(9-2-13)32(29,30)24-15-5-3-14(4-6-15)23-19-12-21(26)31-20-10-7-16(25(27)28)11-18(19)20/h1-12,23-24H. The number of fused-ring (bicyclic) bond motifs is 1. The van der Waals surface area contributed by atoms with Gasteiger partial charge in [-0.1, -0.05) is 0 Å². The maximum atomic E-state index is 13.0. The van der Waals surface area contributed by atoms with Crippen molar-refractivity contribution in [2.24, 2.45) is 0 Å². The molecule has 0 aliphatic carbocycles. The van der Waals surface area contributed by atoms with Gasteiger partial charge < -0.3 is 9.73 Å². The molecule has 0 atom stereocenters. The van der Waals surface area contributed by atoms with Crippen LogP contribution in [0, 0.1) is 15.9 Å². The minimum absolute atomic E-state index is 0.0924. The summed E-state index contributed by atoms with van der Waals surface area (Å²) in [5, 5.41) is 14.4. The number of rotatable bonds is 6. The molecule has 4 rings (SSSR count). The molecule has 0 saturated carbocycles. The lowest BCUT2D eigenvalue weighted by Crippen LogP contribution is -2.12. The van der Waals surface area contributed by atoms with Crippen molar-refractivity contribution >= 4 is 43.7 Å². The molecule has 11 heteroatoms. The number of halogens is 1. The summed E-state index contributed by atoms with van der Waals surface area (Å²) in [5.74, 6) is -0.549. The molecule has 0 aliphatic rings. The number of nitrogens with zero attached hydrogens (tertiary/aromatic N) is 1. The molecule has 0 fully saturated rings. The third-order valence-electron chi connectivity index (χ3n) is 4.48. The number of anilines is 3. The Labute approximate surface area is 180 Å². The third kappa shape index (κ3) is 4.42. The van der Waals surface area contributed by atoms with Crippen LogP contribution in [0.1, 0.15) is 0 Å². The summed E-state index contributed by atoms with van der Waals surface area (Å²) in [6.07, 6.45) is 0. The van der Waals surface area contributed by atoms with E-state index < -0.39 is 26.4 Å². The Morgan fingerprint density at radius 3 is 2.22 bits per heavy atom. The summed E-state index contributed by atoms with van der Waals surface area (Å²) in [4.78, 5) is 22.3. The lowest BCUT2D eigenvalue weighted by Gasteiger charge is -2.11. The lowest BCUT2D eigenvalue weighted by molar-refractivity contribution is -0.384. The highest BCUT2D eigenvalue weighted by Crippen LogP contribution is 2.29. The van der Waals surface area contributed by atoms with Crippen LogP contribution in [-0.4, -0.2) is 13.3 Å². The van der Waals surface area contributed by atoms with E-state index in [0.29, 0.717) is 16.8 Å². The summed E-state index contributed by atoms with van der Waals surface area (Å²) in [7, 11) is -3.90. The quantitative estimate of drug-likeness (QED) is 0.250. The smallest absolute Gasteiger partial charge is 0.338 e. The van der Waals surface area contributed by atoms with Crippen LogP contribution in [0.4, 0.5) is 27.1 Å². The first-order valence-electron chi connectivity index (χ1n) is 9.09. The molecule has 162 valence electrons. The van der Waals surface area contributed by atoms with Gasteiger partial charge in [0.25, 0.3) is 15.7 Å². The first-order valence-corrected chi connectivity index (χ1v) is 10.6. The van der Waals surface area contributed by atoms with E-state index in [1.54, 1.807) is 12.1 Å². The molecule has 0 unspecified atom stereocenters. The number of sulfonamides is 1. The fraction of sp³-hybridized carbons (Fsp3) is 0. The number of nitro benzene ring substituents is 1. The van der Waals surface area contributed by atoms with Gasteiger partial charge in [0.1, 0.15) is 11.4 Å². The normalized spacial score (nSPS) is 11.3. The molecule has 3 aromatic carbocycles. The average molecular weight is 455 g/mol. The van der Waals surface area contributed by atoms with Crippen molar-refractivity contribution in [3.05, 3.63) is 99.1 Å². The lowest BCUT2D eigenvalue weighted by atomic mass is 10.1. The third-order valence-corrected chi connectivity index (χ3v) is 5.87. The highest BCUT2D eigenvalue weighted by Gasteiger charge is 2.15. The Morgan fingerprint density at radius 2 is 1.56 bits per heavy atom. The van der Waals surface area contributed by atoms with Crippen molar-refractivity contribution < 1.29 is 22.1 Å². The van der Waals surface area contributed by atoms with Crippen LogP contribution in [0.5, 0.6) is 0 Å². The van der Waals surface area contributed by atoms with E-state index in [9.17, 15) is 27.7 Å². The van der Waals surface area contributed by atoms with Gasteiger partial charge in [-0.05, 0) is 54.6 Å². The molecule has 1 heterocycles. The van der Waals surface area contributed by atoms with E-state index in [-0.39, 0.29) is 21.9 Å². The van der Waals surface area contributed by atoms with Gasteiger partial charge in [-0.2, -0.15) is 0 Å². The van der Waals surface area contributed by atoms with Crippen molar-refractivity contribution in [1.82, 2.24) is 0 Å². The van der Waals surface area contributed by atoms with Crippen molar-refractivity contribution in [2.45, 2.75) is 4.90 Å². The molecule has 0 radical (unpaired) electrons. The summed E-state index contributed by atoms with van der Waals surface area (Å²) in [5.41, 5.74) is 0.410. The van der Waals surface area contributed by atoms with E-state index in [2.05, 4.69) is 10.0 Å². The zero-order chi connectivity index (χ0) is 22.9. The van der Waals surface area contributed by atoms with Crippen molar-refractivity contribution in [3.8, 4) is 0 Å². The van der Waals surface area contributed by atoms with E-state index in [1.807, 2.05) is 0 Å². The van der Waals surface area contributed by atoms with Gasteiger partial charge in [0.15, 0.2) is 0 Å². The van der Waals surface area contributed by atoms with E-state index >= 15 is 0 Å². The van der Waals surface area contributed by atoms with E-state index in [4.69, 9.17) is 4.42 Å². The summed E-state index contributed by atoms with van der Waals surface area (Å²) in [6.45, 7) is 0. The van der Waals surface area contributed by atoms with Crippen LogP contribution in [-0.2, 0) is 10.0 Å². The Balaban J connectivity index is 1.59. The average Bonchev–Trinajstić information content (AvgIpc) is 2.75. The van der Waals surface area contributed by atoms with Gasteiger partial charge in [-0.3, -0.25) is 14.8 Å². The summed E-state index contributed by atoms with van der Waals surface area (Å²) in [6, 6.07) is 15.5. The number of hydrogen-bond acceptors (Lipinski definition) is 7. The highest BCUT2D eigenvalue weighted by molar-refractivity contribution is 7.92. The minimum atomic E-state index is -3.90. The zero-order valence-corrected chi connectivity index (χ0v) is 16.9.